The molecule has 0 saturated heterocycles. The number of benzene rings is 1. The summed E-state index contributed by atoms with van der Waals surface area (Å²) >= 11 is 0. The zero-order valence-corrected chi connectivity index (χ0v) is 12.9. The molecule has 0 bridgehead atoms. The number of rotatable bonds is 1. The van der Waals surface area contributed by atoms with Crippen molar-refractivity contribution in [3.8, 4) is 11.3 Å². The average Bonchev–Trinajstić information content (AvgIpc) is 2.73. The van der Waals surface area contributed by atoms with Crippen LogP contribution in [0.25, 0.3) is 22.2 Å². The lowest BCUT2D eigenvalue weighted by atomic mass is 10.1. The van der Waals surface area contributed by atoms with Gasteiger partial charge in [0.05, 0.1) is 5.52 Å². The number of imidazole rings is 1. The van der Waals surface area contributed by atoms with Crippen LogP contribution in [-0.4, -0.2) is 14.5 Å². The number of nitrogen functional groups attached to an aromatic ring is 1. The van der Waals surface area contributed by atoms with Gasteiger partial charge in [-0.1, -0.05) is 24.3 Å². The van der Waals surface area contributed by atoms with Gasteiger partial charge in [-0.2, -0.15) is 0 Å². The molecule has 3 rings (SSSR count). The summed E-state index contributed by atoms with van der Waals surface area (Å²) in [6.07, 6.45) is 1.80. The molecule has 0 aliphatic rings. The highest BCUT2D eigenvalue weighted by Gasteiger charge is 2.23. The standard InChI is InChI=1S/C17H20N4/c1-11-20-15(16(18)21(11)17(2,3)4)13-9-5-7-12-8-6-10-19-14(12)13/h5-10H,18H2,1-4H3. The van der Waals surface area contributed by atoms with E-state index in [-0.39, 0.29) is 5.54 Å². The van der Waals surface area contributed by atoms with E-state index in [1.165, 1.54) is 0 Å². The molecule has 2 heterocycles. The van der Waals surface area contributed by atoms with Gasteiger partial charge >= 0.3 is 0 Å². The van der Waals surface area contributed by atoms with Gasteiger partial charge in [-0.05, 0) is 33.8 Å². The number of hydrogen-bond acceptors (Lipinski definition) is 3. The van der Waals surface area contributed by atoms with Gasteiger partial charge in [0.2, 0.25) is 0 Å². The van der Waals surface area contributed by atoms with E-state index in [0.717, 1.165) is 28.0 Å². The van der Waals surface area contributed by atoms with Gasteiger partial charge in [0, 0.05) is 22.7 Å². The van der Waals surface area contributed by atoms with Crippen LogP contribution >= 0.6 is 0 Å². The van der Waals surface area contributed by atoms with Crippen molar-refractivity contribution < 1.29 is 0 Å². The summed E-state index contributed by atoms with van der Waals surface area (Å²) in [6.45, 7) is 8.37. The summed E-state index contributed by atoms with van der Waals surface area (Å²) in [6, 6.07) is 10.1. The first-order chi connectivity index (χ1) is 9.89. The molecule has 4 nitrogen and oxygen atoms in total. The Bertz CT molecular complexity index is 804. The van der Waals surface area contributed by atoms with Gasteiger partial charge in [-0.25, -0.2) is 4.98 Å². The molecule has 0 fully saturated rings. The van der Waals surface area contributed by atoms with Crippen LogP contribution in [0.5, 0.6) is 0 Å². The van der Waals surface area contributed by atoms with Crippen LogP contribution in [0.4, 0.5) is 5.82 Å². The summed E-state index contributed by atoms with van der Waals surface area (Å²) < 4.78 is 2.07. The number of pyridine rings is 1. The van der Waals surface area contributed by atoms with E-state index in [1.807, 2.05) is 25.1 Å². The monoisotopic (exact) mass is 280 g/mol. The van der Waals surface area contributed by atoms with Gasteiger partial charge in [-0.15, -0.1) is 0 Å². The minimum atomic E-state index is -0.0998. The van der Waals surface area contributed by atoms with Crippen molar-refractivity contribution in [1.29, 1.82) is 0 Å². The highest BCUT2D eigenvalue weighted by Crippen LogP contribution is 2.34. The molecule has 0 amide bonds. The lowest BCUT2D eigenvalue weighted by Crippen LogP contribution is -2.24. The molecule has 1 aromatic carbocycles. The smallest absolute Gasteiger partial charge is 0.132 e. The maximum atomic E-state index is 6.39. The van der Waals surface area contributed by atoms with E-state index >= 15 is 0 Å². The van der Waals surface area contributed by atoms with Crippen molar-refractivity contribution in [2.24, 2.45) is 0 Å². The Morgan fingerprint density at radius 1 is 1.10 bits per heavy atom. The minimum Gasteiger partial charge on any atom is -0.383 e. The quantitative estimate of drug-likeness (QED) is 0.738. The second-order valence-electron chi connectivity index (χ2n) is 6.28. The Labute approximate surface area is 124 Å². The van der Waals surface area contributed by atoms with E-state index < -0.39 is 0 Å². The normalized spacial score (nSPS) is 12.0. The zero-order chi connectivity index (χ0) is 15.2. The second-order valence-corrected chi connectivity index (χ2v) is 6.28. The van der Waals surface area contributed by atoms with Crippen molar-refractivity contribution in [1.82, 2.24) is 14.5 Å². The van der Waals surface area contributed by atoms with Crippen molar-refractivity contribution in [2.45, 2.75) is 33.2 Å². The number of aromatic nitrogens is 3. The predicted octanol–water partition coefficient (Wildman–Crippen LogP) is 3.74. The number of anilines is 1. The van der Waals surface area contributed by atoms with Gasteiger partial charge in [-0.3, -0.25) is 4.98 Å². The van der Waals surface area contributed by atoms with E-state index in [4.69, 9.17) is 10.7 Å². The van der Waals surface area contributed by atoms with Crippen LogP contribution in [0, 0.1) is 6.92 Å². The van der Waals surface area contributed by atoms with Crippen LogP contribution in [0.2, 0.25) is 0 Å². The van der Waals surface area contributed by atoms with E-state index in [1.54, 1.807) is 6.20 Å². The molecular weight excluding hydrogens is 260 g/mol. The molecule has 0 aliphatic heterocycles. The third-order valence-corrected chi connectivity index (χ3v) is 3.64. The summed E-state index contributed by atoms with van der Waals surface area (Å²) in [7, 11) is 0. The van der Waals surface area contributed by atoms with Crippen molar-refractivity contribution in [2.75, 3.05) is 5.73 Å². The minimum absolute atomic E-state index is 0.0998. The molecule has 0 radical (unpaired) electrons. The molecule has 108 valence electrons. The molecule has 21 heavy (non-hydrogen) atoms. The Morgan fingerprint density at radius 2 is 1.81 bits per heavy atom. The van der Waals surface area contributed by atoms with Gasteiger partial charge in [0.25, 0.3) is 0 Å². The number of nitrogens with zero attached hydrogens (tertiary/aromatic N) is 3. The summed E-state index contributed by atoms with van der Waals surface area (Å²) in [4.78, 5) is 9.19. The van der Waals surface area contributed by atoms with Crippen molar-refractivity contribution in [3.63, 3.8) is 0 Å². The summed E-state index contributed by atoms with van der Waals surface area (Å²) in [5.74, 6) is 1.61. The average molecular weight is 280 g/mol. The molecule has 0 unspecified atom stereocenters. The molecule has 2 N–H and O–H groups in total. The molecule has 0 aliphatic carbocycles. The first kappa shape index (κ1) is 13.6. The lowest BCUT2D eigenvalue weighted by molar-refractivity contribution is 0.393. The van der Waals surface area contributed by atoms with Crippen LogP contribution in [0.3, 0.4) is 0 Å². The number of aryl methyl sites for hydroxylation is 1. The SMILES string of the molecule is Cc1nc(-c2cccc3cccnc23)c(N)n1C(C)(C)C. The Balaban J connectivity index is 2.30. The number of hydrogen-bond donors (Lipinski definition) is 1. The highest BCUT2D eigenvalue weighted by atomic mass is 15.2. The van der Waals surface area contributed by atoms with Crippen LogP contribution in [0.1, 0.15) is 26.6 Å². The Morgan fingerprint density at radius 3 is 2.48 bits per heavy atom. The van der Waals surface area contributed by atoms with Crippen LogP contribution < -0.4 is 5.73 Å². The highest BCUT2D eigenvalue weighted by molar-refractivity contribution is 5.94. The van der Waals surface area contributed by atoms with Crippen molar-refractivity contribution in [3.05, 3.63) is 42.4 Å². The fourth-order valence-electron chi connectivity index (χ4n) is 2.89. The lowest BCUT2D eigenvalue weighted by Gasteiger charge is -2.24. The zero-order valence-electron chi connectivity index (χ0n) is 12.9. The van der Waals surface area contributed by atoms with Crippen LogP contribution in [0.15, 0.2) is 36.5 Å². The molecule has 2 aromatic heterocycles. The second kappa shape index (κ2) is 4.58. The maximum Gasteiger partial charge on any atom is 0.132 e. The first-order valence-corrected chi connectivity index (χ1v) is 7.09. The van der Waals surface area contributed by atoms with E-state index in [9.17, 15) is 0 Å². The number of fused-ring (bicyclic) bond motifs is 1. The largest absolute Gasteiger partial charge is 0.383 e. The summed E-state index contributed by atoms with van der Waals surface area (Å²) in [5, 5.41) is 1.09. The fraction of sp³-hybridized carbons (Fsp3) is 0.294. The maximum absolute atomic E-state index is 6.39. The first-order valence-electron chi connectivity index (χ1n) is 7.09. The molecule has 0 saturated carbocycles. The Kier molecular flexibility index (Phi) is 2.97. The Hall–Kier alpha value is -2.36. The summed E-state index contributed by atoms with van der Waals surface area (Å²) in [5.41, 5.74) is 9.02. The molecule has 3 aromatic rings. The third-order valence-electron chi connectivity index (χ3n) is 3.64. The molecule has 0 atom stereocenters. The topological polar surface area (TPSA) is 56.7 Å². The molecule has 4 heteroatoms. The van der Waals surface area contributed by atoms with Gasteiger partial charge in [0.15, 0.2) is 0 Å². The van der Waals surface area contributed by atoms with Gasteiger partial charge in [0.1, 0.15) is 17.3 Å². The fourth-order valence-corrected chi connectivity index (χ4v) is 2.89. The third kappa shape index (κ3) is 2.17. The van der Waals surface area contributed by atoms with Crippen LogP contribution in [-0.2, 0) is 5.54 Å². The van der Waals surface area contributed by atoms with Crippen molar-refractivity contribution >= 4 is 16.7 Å². The predicted molar refractivity (Wildman–Crippen MR) is 87.1 cm³/mol. The number of para-hydroxylation sites is 1. The van der Waals surface area contributed by atoms with E-state index in [2.05, 4.69) is 42.5 Å². The molecule has 0 spiro atoms. The molecular formula is C17H20N4. The number of nitrogens with two attached hydrogens (primary N) is 1. The van der Waals surface area contributed by atoms with Gasteiger partial charge < -0.3 is 10.3 Å². The van der Waals surface area contributed by atoms with E-state index in [0.29, 0.717) is 5.82 Å².